The van der Waals surface area contributed by atoms with Gasteiger partial charge in [-0.3, -0.25) is 14.5 Å². The van der Waals surface area contributed by atoms with Gasteiger partial charge in [0.1, 0.15) is 23.4 Å². The summed E-state index contributed by atoms with van der Waals surface area (Å²) < 4.78 is 43.9. The van der Waals surface area contributed by atoms with Gasteiger partial charge in [-0.25, -0.2) is 9.18 Å². The number of anilines is 1. The van der Waals surface area contributed by atoms with E-state index < -0.39 is 22.2 Å². The highest BCUT2D eigenvalue weighted by atomic mass is 32.2. The Kier molecular flexibility index (Phi) is 10.9. The molecule has 1 aliphatic carbocycles. The predicted molar refractivity (Wildman–Crippen MR) is 175 cm³/mol. The molecule has 1 heterocycles. The number of benzene rings is 3. The van der Waals surface area contributed by atoms with Crippen molar-refractivity contribution in [2.45, 2.75) is 38.7 Å². The molecule has 0 saturated heterocycles. The van der Waals surface area contributed by atoms with Crippen molar-refractivity contribution < 1.29 is 37.2 Å². The summed E-state index contributed by atoms with van der Waals surface area (Å²) in [4.78, 5) is 39.4. The van der Waals surface area contributed by atoms with Crippen molar-refractivity contribution in [2.75, 3.05) is 44.6 Å². The Morgan fingerprint density at radius 3 is 2.46 bits per heavy atom. The lowest BCUT2D eigenvalue weighted by Gasteiger charge is -2.24. The number of halogens is 1. The van der Waals surface area contributed by atoms with Crippen LogP contribution in [0.1, 0.15) is 63.9 Å². The van der Waals surface area contributed by atoms with Gasteiger partial charge in [0.05, 0.1) is 31.0 Å². The SMILES string of the molecule is CNC(=O)c1c(-c2ccc(F)cc2)oc2cc(N(CCOCCCOCc3cccc(C(C)=O)c3)C(=O)[S+](C)[O-])c(C3CC3)cc12. The van der Waals surface area contributed by atoms with Gasteiger partial charge in [-0.05, 0) is 79.6 Å². The number of fused-ring (bicyclic) bond motifs is 1. The number of carbonyl (C=O) groups excluding carboxylic acids is 3. The van der Waals surface area contributed by atoms with Crippen molar-refractivity contribution in [2.24, 2.45) is 0 Å². The van der Waals surface area contributed by atoms with Gasteiger partial charge in [-0.2, -0.15) is 0 Å². The number of hydrogen-bond acceptors (Lipinski definition) is 7. The number of ether oxygens (including phenoxy) is 2. The monoisotopic (exact) mass is 648 g/mol. The van der Waals surface area contributed by atoms with E-state index in [4.69, 9.17) is 13.9 Å². The number of rotatable bonds is 14. The Balaban J connectivity index is 1.30. The number of furan rings is 1. The number of Topliss-reactive ketones (excluding diaryl/α,β-unsaturated/α-hetero) is 1. The quantitative estimate of drug-likeness (QED) is 0.0928. The Morgan fingerprint density at radius 2 is 1.78 bits per heavy atom. The number of nitrogens with zero attached hydrogens (tertiary/aromatic N) is 1. The third-order valence-electron chi connectivity index (χ3n) is 7.81. The van der Waals surface area contributed by atoms with Crippen molar-refractivity contribution in [1.82, 2.24) is 5.32 Å². The topological polar surface area (TPSA) is 121 Å². The molecule has 11 heteroatoms. The van der Waals surface area contributed by atoms with Crippen LogP contribution in [-0.2, 0) is 27.3 Å². The lowest BCUT2D eigenvalue weighted by Crippen LogP contribution is -2.38. The van der Waals surface area contributed by atoms with Gasteiger partial charge in [-0.15, -0.1) is 0 Å². The van der Waals surface area contributed by atoms with E-state index in [-0.39, 0.29) is 30.8 Å². The van der Waals surface area contributed by atoms with Crippen LogP contribution < -0.4 is 10.2 Å². The van der Waals surface area contributed by atoms with E-state index in [1.54, 1.807) is 24.3 Å². The largest absolute Gasteiger partial charge is 0.608 e. The Bertz CT molecular complexity index is 1720. The van der Waals surface area contributed by atoms with Gasteiger partial charge in [0.15, 0.2) is 5.78 Å². The summed E-state index contributed by atoms with van der Waals surface area (Å²) in [6, 6.07) is 16.6. The second-order valence-corrected chi connectivity index (χ2v) is 12.5. The van der Waals surface area contributed by atoms with E-state index in [0.29, 0.717) is 65.3 Å². The Morgan fingerprint density at radius 1 is 1.04 bits per heavy atom. The molecule has 9 nitrogen and oxygen atoms in total. The molecule has 1 unspecified atom stereocenters. The first kappa shape index (κ1) is 33.3. The summed E-state index contributed by atoms with van der Waals surface area (Å²) in [5, 5.41) is 2.69. The van der Waals surface area contributed by atoms with Gasteiger partial charge < -0.3 is 23.8 Å². The first-order valence-corrected chi connectivity index (χ1v) is 16.7. The molecule has 46 heavy (non-hydrogen) atoms. The average molecular weight is 649 g/mol. The maximum absolute atomic E-state index is 13.7. The number of nitrogens with one attached hydrogen (secondary N) is 1. The highest BCUT2D eigenvalue weighted by Crippen LogP contribution is 2.47. The van der Waals surface area contributed by atoms with Gasteiger partial charge in [0.25, 0.3) is 5.91 Å². The smallest absolute Gasteiger partial charge is 0.433 e. The van der Waals surface area contributed by atoms with Crippen LogP contribution in [0, 0.1) is 5.82 Å². The summed E-state index contributed by atoms with van der Waals surface area (Å²) >= 11 is -1.79. The molecule has 1 aromatic heterocycles. The molecule has 242 valence electrons. The fourth-order valence-corrected chi connectivity index (χ4v) is 5.82. The van der Waals surface area contributed by atoms with Crippen LogP contribution in [0.5, 0.6) is 0 Å². The van der Waals surface area contributed by atoms with E-state index in [9.17, 15) is 23.3 Å². The molecule has 1 saturated carbocycles. The molecular formula is C35H37FN2O7S. The third-order valence-corrected chi connectivity index (χ3v) is 8.52. The van der Waals surface area contributed by atoms with Crippen LogP contribution in [0.15, 0.2) is 65.1 Å². The molecule has 1 atom stereocenters. The van der Waals surface area contributed by atoms with Crippen molar-refractivity contribution in [3.05, 3.63) is 88.7 Å². The van der Waals surface area contributed by atoms with Gasteiger partial charge in [0, 0.05) is 54.0 Å². The Hall–Kier alpha value is -4.03. The van der Waals surface area contributed by atoms with Crippen molar-refractivity contribution in [1.29, 1.82) is 0 Å². The van der Waals surface area contributed by atoms with Crippen molar-refractivity contribution in [3.63, 3.8) is 0 Å². The molecule has 1 aliphatic rings. The number of hydrogen-bond donors (Lipinski definition) is 1. The summed E-state index contributed by atoms with van der Waals surface area (Å²) in [7, 11) is 1.53. The highest BCUT2D eigenvalue weighted by molar-refractivity contribution is 8.05. The van der Waals surface area contributed by atoms with Crippen molar-refractivity contribution >= 4 is 44.8 Å². The second-order valence-electron chi connectivity index (χ2n) is 11.2. The van der Waals surface area contributed by atoms with Crippen molar-refractivity contribution in [3.8, 4) is 11.3 Å². The van der Waals surface area contributed by atoms with Crippen LogP contribution in [0.25, 0.3) is 22.3 Å². The second kappa shape index (κ2) is 15.0. The highest BCUT2D eigenvalue weighted by Gasteiger charge is 2.34. The molecule has 3 aromatic carbocycles. The van der Waals surface area contributed by atoms with Crippen LogP contribution in [0.2, 0.25) is 0 Å². The standard InChI is InChI=1S/C35H37FN2O7S/c1-22(39)26-7-4-6-23(18-26)21-44-16-5-15-43-17-14-38(35(41)46(3)42)30-20-31-29(19-28(30)24-8-9-24)32(34(40)37-2)33(45-31)25-10-12-27(36)13-11-25/h4,6-7,10-13,18-20,24H,5,8-9,14-17,21H2,1-3H3,(H,37,40). The number of carbonyl (C=O) groups is 3. The minimum absolute atomic E-state index is 0.00593. The third kappa shape index (κ3) is 7.84. The summed E-state index contributed by atoms with van der Waals surface area (Å²) in [6.45, 7) is 3.13. The van der Waals surface area contributed by atoms with E-state index in [2.05, 4.69) is 5.32 Å². The maximum atomic E-state index is 13.7. The molecule has 0 spiro atoms. The minimum Gasteiger partial charge on any atom is -0.608 e. The minimum atomic E-state index is -1.79. The van der Waals surface area contributed by atoms with Crippen LogP contribution in [0.4, 0.5) is 14.9 Å². The molecular weight excluding hydrogens is 611 g/mol. The fraction of sp³-hybridized carbons (Fsp3) is 0.343. The van der Waals surface area contributed by atoms with E-state index in [1.807, 2.05) is 24.3 Å². The van der Waals surface area contributed by atoms with E-state index >= 15 is 0 Å². The average Bonchev–Trinajstić information content (AvgIpc) is 3.83. The molecule has 0 bridgehead atoms. The summed E-state index contributed by atoms with van der Waals surface area (Å²) in [6.07, 6.45) is 3.81. The van der Waals surface area contributed by atoms with Crippen LogP contribution in [-0.4, -0.2) is 61.2 Å². The molecule has 0 aliphatic heterocycles. The van der Waals surface area contributed by atoms with Crippen LogP contribution in [0.3, 0.4) is 0 Å². The maximum Gasteiger partial charge on any atom is 0.433 e. The first-order valence-electron chi connectivity index (χ1n) is 15.2. The molecule has 1 N–H and O–H groups in total. The normalized spacial score (nSPS) is 13.5. The zero-order valence-electron chi connectivity index (χ0n) is 26.1. The summed E-state index contributed by atoms with van der Waals surface area (Å²) in [5.74, 6) is -0.283. The lowest BCUT2D eigenvalue weighted by molar-refractivity contribution is 0.0782. The van der Waals surface area contributed by atoms with Crippen LogP contribution >= 0.6 is 0 Å². The fourth-order valence-electron chi connectivity index (χ4n) is 5.32. The lowest BCUT2D eigenvalue weighted by atomic mass is 10.00. The van der Waals surface area contributed by atoms with E-state index in [0.717, 1.165) is 24.0 Å². The van der Waals surface area contributed by atoms with Gasteiger partial charge in [0.2, 0.25) is 0 Å². The number of ketones is 1. The molecule has 2 amide bonds. The first-order chi connectivity index (χ1) is 22.2. The van der Waals surface area contributed by atoms with Gasteiger partial charge in [-0.1, -0.05) is 18.2 Å². The molecule has 1 fully saturated rings. The number of amides is 2. The van der Waals surface area contributed by atoms with E-state index in [1.165, 1.54) is 37.3 Å². The zero-order chi connectivity index (χ0) is 32.8. The predicted octanol–water partition coefficient (Wildman–Crippen LogP) is 6.61. The molecule has 4 aromatic rings. The molecule has 0 radical (unpaired) electrons. The molecule has 5 rings (SSSR count). The summed E-state index contributed by atoms with van der Waals surface area (Å²) in [5.41, 5.74) is 4.24. The zero-order valence-corrected chi connectivity index (χ0v) is 26.9. The Labute approximate surface area is 270 Å². The van der Waals surface area contributed by atoms with Gasteiger partial charge >= 0.3 is 5.24 Å².